The molecule has 0 bridgehead atoms. The third-order valence-corrected chi connectivity index (χ3v) is 9.25. The molecule has 0 aliphatic rings. The van der Waals surface area contributed by atoms with Gasteiger partial charge >= 0.3 is 20.1 Å². The molecule has 0 fully saturated rings. The Balaban J connectivity index is 0.00000822. The van der Waals surface area contributed by atoms with Gasteiger partial charge in [0.2, 0.25) is 0 Å². The van der Waals surface area contributed by atoms with Crippen LogP contribution in [0.25, 0.3) is 60.6 Å². The van der Waals surface area contributed by atoms with Gasteiger partial charge in [-0.3, -0.25) is 0 Å². The van der Waals surface area contributed by atoms with Crippen LogP contribution in [0.1, 0.15) is 70.6 Å². The van der Waals surface area contributed by atoms with Crippen LogP contribution in [0, 0.1) is 38.5 Å². The molecule has 0 aliphatic carbocycles. The van der Waals surface area contributed by atoms with E-state index in [4.69, 9.17) is 20.6 Å². The Morgan fingerprint density at radius 2 is 1.23 bits per heavy atom. The molecule has 0 aliphatic heterocycles. The van der Waals surface area contributed by atoms with Crippen molar-refractivity contribution in [3.05, 3.63) is 214 Å². The van der Waals surface area contributed by atoms with Gasteiger partial charge in [-0.25, -0.2) is 4.85 Å². The van der Waals surface area contributed by atoms with E-state index in [2.05, 4.69) is 38.0 Å². The van der Waals surface area contributed by atoms with Gasteiger partial charge < -0.3 is 19.4 Å². The van der Waals surface area contributed by atoms with E-state index >= 15 is 0 Å². The van der Waals surface area contributed by atoms with E-state index < -0.39 is 96.4 Å². The first kappa shape index (κ1) is 23.3. The minimum Gasteiger partial charge on any atom is -0.502 e. The summed E-state index contributed by atoms with van der Waals surface area (Å²) in [5.74, 6) is 0. The average Bonchev–Trinajstić information content (AvgIpc) is 3.88. The van der Waals surface area contributed by atoms with Crippen LogP contribution < -0.4 is 0 Å². The maximum absolute atomic E-state index is 9.53. The first-order valence-corrected chi connectivity index (χ1v) is 18.2. The number of nitrogens with zero attached hydrogens (tertiary/aromatic N) is 4. The molecule has 0 N–H and O–H groups in total. The van der Waals surface area contributed by atoms with Gasteiger partial charge in [0.05, 0.1) is 12.2 Å². The van der Waals surface area contributed by atoms with Gasteiger partial charge in [-0.15, -0.1) is 90.0 Å². The molecule has 9 rings (SSSR count). The predicted octanol–water partition coefficient (Wildman–Crippen LogP) is 12.7. The molecule has 0 amide bonds. The SMILES string of the molecule is [2H]c1ccc2oc3c(-c4ccc(C([2H])([2H])C([2H])([2H])c5cc(C([2H])([2H])C([2H])([2H])c6cnc(-c7[c-]cccc7)cc6C([2H])([2H])[2H])cc(C([2H])([2H])C([2H])([2H])c6cnc(-c7[c-]cccc7)cc6C([2H])([2H])[2H])c5)cn4)[c-]ccc3c2c1[N+]#[C-].[Ir+3]. The molecular formula is C54H41IrN4O. The number of pyridine rings is 3. The standard InChI is InChI=1S/C54H41N4O.Ir/c1-36-28-50(42-12-6-4-7-13-42)57-34-44(36)25-22-40-30-39(31-41(32-40)23-26-45-35-58-51(29-37(45)2)43-14-8-5-9-15-43)21-20-38-24-27-48(56-33-38)46-16-10-17-47-53-49(55-3)18-11-19-52(53)59-54(46)47;/h4-12,14,17-19,24,27-35H,20-23,25-26H2,1-2H3;/q-3;+3/i1D3,2D3,18D,20D2,21D2,22D2,23D2,25D2,26D2;. The second kappa shape index (κ2) is 18.2. The smallest absolute Gasteiger partial charge is 0.502 e. The maximum Gasteiger partial charge on any atom is 3.00 e. The number of benzene rings is 5. The van der Waals surface area contributed by atoms with Gasteiger partial charge in [-0.05, 0) is 108 Å². The summed E-state index contributed by atoms with van der Waals surface area (Å²) >= 11 is 0. The van der Waals surface area contributed by atoms with E-state index in [0.717, 1.165) is 42.9 Å². The molecule has 4 aromatic heterocycles. The zero-order valence-corrected chi connectivity index (χ0v) is 33.6. The number of aromatic nitrogens is 3. The quantitative estimate of drug-likeness (QED) is 0.114. The van der Waals surface area contributed by atoms with Gasteiger partial charge in [-0.2, -0.15) is 0 Å². The fourth-order valence-corrected chi connectivity index (χ4v) is 6.38. The minimum absolute atomic E-state index is 0. The number of furan rings is 1. The third-order valence-electron chi connectivity index (χ3n) is 9.25. The van der Waals surface area contributed by atoms with Crippen molar-refractivity contribution in [3.8, 4) is 33.8 Å². The fraction of sp³-hybridized carbons (Fsp3) is 0.148. The molecule has 0 unspecified atom stereocenters. The molecule has 0 saturated heterocycles. The average molecular weight is 973 g/mol. The van der Waals surface area contributed by atoms with Gasteiger partial charge in [0, 0.05) is 50.0 Å². The molecule has 5 aromatic carbocycles. The van der Waals surface area contributed by atoms with Crippen molar-refractivity contribution < 1.29 is 50.6 Å². The van der Waals surface area contributed by atoms with Crippen molar-refractivity contribution in [2.75, 3.05) is 0 Å². The number of hydrogen-bond donors (Lipinski definition) is 0. The van der Waals surface area contributed by atoms with Crippen LogP contribution in [0.2, 0.25) is 0 Å². The Morgan fingerprint density at radius 3 is 1.78 bits per heavy atom. The Morgan fingerprint density at radius 1 is 0.633 bits per heavy atom. The van der Waals surface area contributed by atoms with Crippen molar-refractivity contribution in [2.24, 2.45) is 0 Å². The van der Waals surface area contributed by atoms with Crippen molar-refractivity contribution in [3.63, 3.8) is 0 Å². The minimum atomic E-state index is -3.50. The van der Waals surface area contributed by atoms with Gasteiger partial charge in [0.25, 0.3) is 0 Å². The van der Waals surface area contributed by atoms with Gasteiger partial charge in [0.1, 0.15) is 5.58 Å². The first-order valence-electron chi connectivity index (χ1n) is 27.7. The Labute approximate surface area is 392 Å². The van der Waals surface area contributed by atoms with Crippen LogP contribution in [-0.4, -0.2) is 15.0 Å². The Bertz CT molecular complexity index is 3680. The Kier molecular flexibility index (Phi) is 7.07. The van der Waals surface area contributed by atoms with Crippen molar-refractivity contribution >= 4 is 27.6 Å². The topological polar surface area (TPSA) is 56.2 Å². The van der Waals surface area contributed by atoms with E-state index in [1.54, 1.807) is 66.7 Å². The van der Waals surface area contributed by atoms with Crippen LogP contribution in [0.15, 0.2) is 144 Å². The van der Waals surface area contributed by atoms with Crippen LogP contribution in [0.3, 0.4) is 0 Å². The van der Waals surface area contributed by atoms with Gasteiger partial charge in [0.15, 0.2) is 5.69 Å². The van der Waals surface area contributed by atoms with E-state index in [1.165, 1.54) is 18.2 Å². The molecule has 0 saturated carbocycles. The number of aryl methyl sites for hydroxylation is 8. The van der Waals surface area contributed by atoms with E-state index in [0.29, 0.717) is 33.5 Å². The molecule has 5 nitrogen and oxygen atoms in total. The third kappa shape index (κ3) is 8.75. The fourth-order valence-electron chi connectivity index (χ4n) is 6.38. The molecule has 0 atom stereocenters. The summed E-state index contributed by atoms with van der Waals surface area (Å²) in [6, 6.07) is 34.7. The molecule has 292 valence electrons. The molecular weight excluding hydrogens is 913 g/mol. The Hall–Kier alpha value is -6.51. The summed E-state index contributed by atoms with van der Waals surface area (Å²) < 4.78 is 178. The van der Waals surface area contributed by atoms with Crippen LogP contribution in [0.4, 0.5) is 5.69 Å². The number of fused-ring (bicyclic) bond motifs is 3. The van der Waals surface area contributed by atoms with E-state index in [9.17, 15) is 16.4 Å². The maximum atomic E-state index is 9.53. The molecule has 9 aromatic rings. The molecule has 6 heteroatoms. The normalized spacial score (nSPS) is 17.6. The molecule has 0 radical (unpaired) electrons. The summed E-state index contributed by atoms with van der Waals surface area (Å²) in [6.07, 6.45) is -17.7. The summed E-state index contributed by atoms with van der Waals surface area (Å²) in [7, 11) is 0. The van der Waals surface area contributed by atoms with Crippen LogP contribution in [0.5, 0.6) is 0 Å². The monoisotopic (exact) mass is 973 g/mol. The zero-order valence-electron chi connectivity index (χ0n) is 50.2. The molecule has 0 spiro atoms. The predicted molar refractivity (Wildman–Crippen MR) is 237 cm³/mol. The summed E-state index contributed by atoms with van der Waals surface area (Å²) in [4.78, 5) is 16.5. The number of hydrogen-bond acceptors (Lipinski definition) is 4. The first-order chi connectivity index (χ1) is 36.3. The number of rotatable bonds is 12. The second-order valence-corrected chi connectivity index (χ2v) is 13.1. The van der Waals surface area contributed by atoms with Crippen molar-refractivity contribution in [1.82, 2.24) is 15.0 Å². The summed E-state index contributed by atoms with van der Waals surface area (Å²) in [6.45, 7) is 1.51. The zero-order chi connectivity index (χ0) is 56.8. The largest absolute Gasteiger partial charge is 3.00 e. The van der Waals surface area contributed by atoms with Crippen LogP contribution >= 0.6 is 0 Å². The van der Waals surface area contributed by atoms with Crippen molar-refractivity contribution in [2.45, 2.75) is 51.9 Å². The van der Waals surface area contributed by atoms with E-state index in [-0.39, 0.29) is 60.1 Å². The van der Waals surface area contributed by atoms with E-state index in [1.807, 2.05) is 0 Å². The summed E-state index contributed by atoms with van der Waals surface area (Å²) in [5, 5.41) is 0.867. The second-order valence-electron chi connectivity index (χ2n) is 13.1. The molecule has 60 heavy (non-hydrogen) atoms. The van der Waals surface area contributed by atoms with Gasteiger partial charge in [-0.1, -0.05) is 76.6 Å². The summed E-state index contributed by atoms with van der Waals surface area (Å²) in [5.41, 5.74) is -4.01. The molecule has 4 heterocycles. The van der Waals surface area contributed by atoms with Crippen molar-refractivity contribution in [1.29, 1.82) is 0 Å². The van der Waals surface area contributed by atoms with Crippen LogP contribution in [-0.2, 0) is 58.3 Å².